The maximum atomic E-state index is 13.5. The molecule has 0 unspecified atom stereocenters. The number of rotatable bonds is 2. The maximum absolute atomic E-state index is 13.5. The number of anilines is 1. The summed E-state index contributed by atoms with van der Waals surface area (Å²) in [4.78, 5) is 3.94. The minimum absolute atomic E-state index is 0.0507. The number of ether oxygens (including phenoxy) is 1. The lowest BCUT2D eigenvalue weighted by atomic mass is 10.3. The van der Waals surface area contributed by atoms with Gasteiger partial charge in [0.25, 0.3) is 0 Å². The first-order valence-electron chi connectivity index (χ1n) is 4.60. The van der Waals surface area contributed by atoms with E-state index >= 15 is 0 Å². The Balaban J connectivity index is 2.31. The summed E-state index contributed by atoms with van der Waals surface area (Å²) in [6.07, 6.45) is 1.41. The Labute approximate surface area is 110 Å². The van der Waals surface area contributed by atoms with Crippen LogP contribution in [-0.4, -0.2) is 4.98 Å². The van der Waals surface area contributed by atoms with E-state index in [1.54, 1.807) is 12.1 Å². The Bertz CT molecular complexity index is 516. The Kier molecular flexibility index (Phi) is 3.49. The highest BCUT2D eigenvalue weighted by atomic mass is 79.9. The van der Waals surface area contributed by atoms with Crippen molar-refractivity contribution < 1.29 is 9.13 Å². The Morgan fingerprint density at radius 3 is 2.76 bits per heavy atom. The standard InChI is InChI=1S/C11H7BrClFN2O/c12-8-3-6(13)5-16-11(8)17-10-2-1-7(15)4-9(10)14/h1-5H,15H2. The van der Waals surface area contributed by atoms with Crippen molar-refractivity contribution in [3.63, 3.8) is 0 Å². The molecule has 0 aliphatic rings. The van der Waals surface area contributed by atoms with Gasteiger partial charge in [-0.15, -0.1) is 0 Å². The van der Waals surface area contributed by atoms with Gasteiger partial charge in [-0.05, 0) is 34.1 Å². The van der Waals surface area contributed by atoms with Crippen LogP contribution in [0.3, 0.4) is 0 Å². The van der Waals surface area contributed by atoms with Crippen molar-refractivity contribution >= 4 is 33.2 Å². The van der Waals surface area contributed by atoms with Gasteiger partial charge in [-0.2, -0.15) is 0 Å². The number of nitrogens with two attached hydrogens (primary N) is 1. The molecule has 3 nitrogen and oxygen atoms in total. The van der Waals surface area contributed by atoms with Crippen LogP contribution in [0, 0.1) is 5.82 Å². The van der Waals surface area contributed by atoms with Gasteiger partial charge >= 0.3 is 0 Å². The van der Waals surface area contributed by atoms with Gasteiger partial charge in [0.1, 0.15) is 0 Å². The maximum Gasteiger partial charge on any atom is 0.233 e. The van der Waals surface area contributed by atoms with Crippen LogP contribution in [0.25, 0.3) is 0 Å². The van der Waals surface area contributed by atoms with E-state index in [2.05, 4.69) is 20.9 Å². The fourth-order valence-corrected chi connectivity index (χ4v) is 1.90. The van der Waals surface area contributed by atoms with Crippen LogP contribution in [0.15, 0.2) is 34.9 Å². The lowest BCUT2D eigenvalue weighted by Crippen LogP contribution is -1.93. The monoisotopic (exact) mass is 316 g/mol. The average Bonchev–Trinajstić information content (AvgIpc) is 2.25. The molecule has 0 fully saturated rings. The van der Waals surface area contributed by atoms with E-state index in [0.29, 0.717) is 15.2 Å². The molecule has 1 heterocycles. The summed E-state index contributed by atoms with van der Waals surface area (Å²) in [5, 5.41) is 0.460. The normalized spacial score (nSPS) is 10.3. The smallest absolute Gasteiger partial charge is 0.233 e. The minimum atomic E-state index is -0.548. The fraction of sp³-hybridized carbons (Fsp3) is 0. The summed E-state index contributed by atoms with van der Waals surface area (Å²) in [5.74, 6) is -0.263. The van der Waals surface area contributed by atoms with E-state index in [0.717, 1.165) is 0 Å². The third-order valence-electron chi connectivity index (χ3n) is 1.94. The summed E-state index contributed by atoms with van der Waals surface area (Å²) >= 11 is 8.96. The predicted octanol–water partition coefficient (Wildman–Crippen LogP) is 4.01. The number of nitrogens with zero attached hydrogens (tertiary/aromatic N) is 1. The van der Waals surface area contributed by atoms with Crippen LogP contribution in [-0.2, 0) is 0 Å². The van der Waals surface area contributed by atoms with Crippen molar-refractivity contribution in [1.82, 2.24) is 4.98 Å². The van der Waals surface area contributed by atoms with Gasteiger partial charge in [-0.1, -0.05) is 11.6 Å². The molecule has 0 aliphatic carbocycles. The molecular formula is C11H7BrClFN2O. The van der Waals surface area contributed by atoms with E-state index in [9.17, 15) is 4.39 Å². The summed E-state index contributed by atoms with van der Waals surface area (Å²) in [6.45, 7) is 0. The number of nitrogen functional groups attached to an aromatic ring is 1. The molecule has 0 radical (unpaired) electrons. The second-order valence-corrected chi connectivity index (χ2v) is 4.52. The molecule has 0 saturated carbocycles. The van der Waals surface area contributed by atoms with Crippen LogP contribution in [0.2, 0.25) is 5.02 Å². The van der Waals surface area contributed by atoms with Crippen molar-refractivity contribution in [2.45, 2.75) is 0 Å². The van der Waals surface area contributed by atoms with E-state index in [-0.39, 0.29) is 11.6 Å². The average molecular weight is 318 g/mol. The topological polar surface area (TPSA) is 48.1 Å². The second kappa shape index (κ2) is 4.89. The molecule has 0 atom stereocenters. The SMILES string of the molecule is Nc1ccc(Oc2ncc(Cl)cc2Br)c(F)c1. The highest BCUT2D eigenvalue weighted by Crippen LogP contribution is 2.31. The fourth-order valence-electron chi connectivity index (χ4n) is 1.18. The highest BCUT2D eigenvalue weighted by molar-refractivity contribution is 9.10. The molecule has 6 heteroatoms. The quantitative estimate of drug-likeness (QED) is 0.851. The van der Waals surface area contributed by atoms with Gasteiger partial charge in [0, 0.05) is 18.0 Å². The number of pyridine rings is 1. The molecule has 0 spiro atoms. The summed E-state index contributed by atoms with van der Waals surface area (Å²) < 4.78 is 19.3. The summed E-state index contributed by atoms with van der Waals surface area (Å²) in [7, 11) is 0. The van der Waals surface area contributed by atoms with Crippen molar-refractivity contribution in [2.75, 3.05) is 5.73 Å². The highest BCUT2D eigenvalue weighted by Gasteiger charge is 2.09. The van der Waals surface area contributed by atoms with Crippen molar-refractivity contribution in [2.24, 2.45) is 0 Å². The lowest BCUT2D eigenvalue weighted by Gasteiger charge is -2.07. The molecule has 2 aromatic rings. The number of aromatic nitrogens is 1. The van der Waals surface area contributed by atoms with Gasteiger partial charge in [-0.3, -0.25) is 0 Å². The minimum Gasteiger partial charge on any atom is -0.435 e. The first-order chi connectivity index (χ1) is 8.06. The molecule has 17 heavy (non-hydrogen) atoms. The molecule has 0 aliphatic heterocycles. The molecule has 88 valence electrons. The van der Waals surface area contributed by atoms with E-state index in [1.165, 1.54) is 18.3 Å². The summed E-state index contributed by atoms with van der Waals surface area (Å²) in [5.41, 5.74) is 5.76. The molecule has 0 bridgehead atoms. The van der Waals surface area contributed by atoms with Crippen LogP contribution in [0.1, 0.15) is 0 Å². The van der Waals surface area contributed by atoms with Gasteiger partial charge in [-0.25, -0.2) is 9.37 Å². The Hall–Kier alpha value is -1.33. The number of hydrogen-bond acceptors (Lipinski definition) is 3. The van der Waals surface area contributed by atoms with Gasteiger partial charge in [0.2, 0.25) is 5.88 Å². The Morgan fingerprint density at radius 2 is 2.12 bits per heavy atom. The van der Waals surface area contributed by atoms with E-state index < -0.39 is 5.82 Å². The number of hydrogen-bond donors (Lipinski definition) is 1. The van der Waals surface area contributed by atoms with Crippen molar-refractivity contribution in [1.29, 1.82) is 0 Å². The van der Waals surface area contributed by atoms with Crippen LogP contribution >= 0.6 is 27.5 Å². The zero-order valence-corrected chi connectivity index (χ0v) is 10.8. The first-order valence-corrected chi connectivity index (χ1v) is 5.77. The zero-order chi connectivity index (χ0) is 12.4. The predicted molar refractivity (Wildman–Crippen MR) is 67.8 cm³/mol. The number of halogens is 3. The Morgan fingerprint density at radius 1 is 1.35 bits per heavy atom. The van der Waals surface area contributed by atoms with E-state index in [4.69, 9.17) is 22.1 Å². The lowest BCUT2D eigenvalue weighted by molar-refractivity contribution is 0.425. The zero-order valence-electron chi connectivity index (χ0n) is 8.45. The van der Waals surface area contributed by atoms with Crippen LogP contribution < -0.4 is 10.5 Å². The molecular weight excluding hydrogens is 310 g/mol. The van der Waals surface area contributed by atoms with Crippen molar-refractivity contribution in [3.8, 4) is 11.6 Å². The molecule has 1 aromatic carbocycles. The largest absolute Gasteiger partial charge is 0.435 e. The summed E-state index contributed by atoms with van der Waals surface area (Å²) in [6, 6.07) is 5.77. The third kappa shape index (κ3) is 2.87. The molecule has 1 aromatic heterocycles. The van der Waals surface area contributed by atoms with Crippen LogP contribution in [0.5, 0.6) is 11.6 Å². The third-order valence-corrected chi connectivity index (χ3v) is 2.71. The second-order valence-electron chi connectivity index (χ2n) is 3.23. The molecule has 0 saturated heterocycles. The first kappa shape index (κ1) is 12.1. The molecule has 2 rings (SSSR count). The van der Waals surface area contributed by atoms with Gasteiger partial charge in [0.05, 0.1) is 9.50 Å². The van der Waals surface area contributed by atoms with Crippen LogP contribution in [0.4, 0.5) is 10.1 Å². The molecule has 2 N–H and O–H groups in total. The van der Waals surface area contributed by atoms with Gasteiger partial charge in [0.15, 0.2) is 11.6 Å². The molecule has 0 amide bonds. The van der Waals surface area contributed by atoms with E-state index in [1.807, 2.05) is 0 Å². The van der Waals surface area contributed by atoms with Gasteiger partial charge < -0.3 is 10.5 Å². The number of benzene rings is 1. The van der Waals surface area contributed by atoms with Crippen molar-refractivity contribution in [3.05, 3.63) is 45.8 Å².